The van der Waals surface area contributed by atoms with E-state index in [1.807, 2.05) is 50.2 Å². The minimum atomic E-state index is -0.205. The fourth-order valence-corrected chi connectivity index (χ4v) is 4.92. The monoisotopic (exact) mass is 566 g/mol. The largest absolute Gasteiger partial charge is 0.483 e. The van der Waals surface area contributed by atoms with E-state index in [-0.39, 0.29) is 37.1 Å². The second-order valence-corrected chi connectivity index (χ2v) is 9.79. The first-order valence-electron chi connectivity index (χ1n) is 10.7. The number of amides is 2. The summed E-state index contributed by atoms with van der Waals surface area (Å²) in [6, 6.07) is 11.2. The van der Waals surface area contributed by atoms with Gasteiger partial charge in [0.05, 0.1) is 8.95 Å². The molecule has 2 aromatic carbocycles. The van der Waals surface area contributed by atoms with Gasteiger partial charge in [0, 0.05) is 12.1 Å². The molecule has 0 unspecified atom stereocenters. The Balaban J connectivity index is 1.48. The maximum Gasteiger partial charge on any atom is 0.258 e. The van der Waals surface area contributed by atoms with Gasteiger partial charge >= 0.3 is 0 Å². The standard InChI is InChI=1S/C24H28Br2N2O4/c1-15-7-9-21(17(25)11-15)31-13-23(29)27-19-5-3-4-6-20(19)28-24(30)14-32-22-10-8-16(2)12-18(22)26/h7-12,19-20H,3-6,13-14H2,1-2H3,(H,27,29)(H,28,30)/t19-,20+. The molecule has 0 heterocycles. The van der Waals surface area contributed by atoms with Crippen molar-refractivity contribution in [1.29, 1.82) is 0 Å². The molecule has 2 aromatic rings. The number of rotatable bonds is 8. The van der Waals surface area contributed by atoms with Gasteiger partial charge in [-0.2, -0.15) is 0 Å². The van der Waals surface area contributed by atoms with Crippen LogP contribution in [0.4, 0.5) is 0 Å². The van der Waals surface area contributed by atoms with E-state index in [1.165, 1.54) is 0 Å². The molecule has 6 nitrogen and oxygen atoms in total. The number of ether oxygens (including phenoxy) is 2. The highest BCUT2D eigenvalue weighted by atomic mass is 79.9. The molecular formula is C24H28Br2N2O4. The van der Waals surface area contributed by atoms with Crippen LogP contribution in [0.1, 0.15) is 36.8 Å². The number of aryl methyl sites for hydroxylation is 2. The van der Waals surface area contributed by atoms with Crippen LogP contribution in [0, 0.1) is 13.8 Å². The fraction of sp³-hybridized carbons (Fsp3) is 0.417. The SMILES string of the molecule is Cc1ccc(OCC(=O)N[C@H]2CCCC[C@H]2NC(=O)COc2ccc(C)cc2Br)c(Br)c1. The van der Waals surface area contributed by atoms with Crippen molar-refractivity contribution in [3.63, 3.8) is 0 Å². The van der Waals surface area contributed by atoms with Gasteiger partial charge in [0.2, 0.25) is 0 Å². The Kier molecular flexibility index (Phi) is 8.99. The van der Waals surface area contributed by atoms with Crippen LogP contribution in [0.15, 0.2) is 45.3 Å². The summed E-state index contributed by atoms with van der Waals surface area (Å²) in [5.74, 6) is 0.837. The number of halogens is 2. The van der Waals surface area contributed by atoms with Crippen molar-refractivity contribution in [2.45, 2.75) is 51.6 Å². The summed E-state index contributed by atoms with van der Waals surface area (Å²) < 4.78 is 12.9. The zero-order valence-corrected chi connectivity index (χ0v) is 21.4. The molecule has 0 aliphatic heterocycles. The quantitative estimate of drug-likeness (QED) is 0.479. The maximum atomic E-state index is 12.5. The van der Waals surface area contributed by atoms with Crippen LogP contribution in [0.3, 0.4) is 0 Å². The van der Waals surface area contributed by atoms with Crippen molar-refractivity contribution in [2.75, 3.05) is 13.2 Å². The van der Waals surface area contributed by atoms with Crippen LogP contribution >= 0.6 is 31.9 Å². The lowest BCUT2D eigenvalue weighted by Gasteiger charge is -2.32. The lowest BCUT2D eigenvalue weighted by Crippen LogP contribution is -2.54. The Morgan fingerprint density at radius 2 is 1.22 bits per heavy atom. The molecule has 32 heavy (non-hydrogen) atoms. The molecule has 3 rings (SSSR count). The fourth-order valence-electron chi connectivity index (χ4n) is 3.71. The minimum absolute atomic E-state index is 0.0800. The predicted molar refractivity (Wildman–Crippen MR) is 131 cm³/mol. The molecule has 8 heteroatoms. The highest BCUT2D eigenvalue weighted by Gasteiger charge is 2.28. The topological polar surface area (TPSA) is 76.7 Å². The smallest absolute Gasteiger partial charge is 0.258 e. The Hall–Kier alpha value is -2.06. The van der Waals surface area contributed by atoms with E-state index in [0.29, 0.717) is 11.5 Å². The zero-order valence-electron chi connectivity index (χ0n) is 18.3. The minimum Gasteiger partial charge on any atom is -0.483 e. The van der Waals surface area contributed by atoms with E-state index in [9.17, 15) is 9.59 Å². The molecule has 0 bridgehead atoms. The third-order valence-corrected chi connectivity index (χ3v) is 6.59. The molecule has 0 spiro atoms. The van der Waals surface area contributed by atoms with Crippen LogP contribution in [0.2, 0.25) is 0 Å². The normalized spacial score (nSPS) is 18.0. The first-order valence-corrected chi connectivity index (χ1v) is 12.3. The molecule has 2 N–H and O–H groups in total. The van der Waals surface area contributed by atoms with Crippen molar-refractivity contribution < 1.29 is 19.1 Å². The molecule has 172 valence electrons. The van der Waals surface area contributed by atoms with Gasteiger partial charge in [0.25, 0.3) is 11.8 Å². The van der Waals surface area contributed by atoms with Gasteiger partial charge in [0.15, 0.2) is 13.2 Å². The average Bonchev–Trinajstić information content (AvgIpc) is 2.74. The Morgan fingerprint density at radius 1 is 0.812 bits per heavy atom. The Bertz CT molecular complexity index is 890. The van der Waals surface area contributed by atoms with E-state index in [4.69, 9.17) is 9.47 Å². The van der Waals surface area contributed by atoms with Crippen molar-refractivity contribution >= 4 is 43.7 Å². The molecule has 1 saturated carbocycles. The van der Waals surface area contributed by atoms with E-state index >= 15 is 0 Å². The Morgan fingerprint density at radius 3 is 1.59 bits per heavy atom. The van der Waals surface area contributed by atoms with E-state index in [2.05, 4.69) is 42.5 Å². The van der Waals surface area contributed by atoms with Gasteiger partial charge in [-0.25, -0.2) is 0 Å². The molecule has 0 aromatic heterocycles. The average molecular weight is 568 g/mol. The molecule has 2 amide bonds. The van der Waals surface area contributed by atoms with Crippen molar-refractivity contribution in [2.24, 2.45) is 0 Å². The summed E-state index contributed by atoms with van der Waals surface area (Å²) >= 11 is 6.91. The summed E-state index contributed by atoms with van der Waals surface area (Å²) in [4.78, 5) is 25.0. The first kappa shape index (κ1) is 24.6. The summed E-state index contributed by atoms with van der Waals surface area (Å²) in [5, 5.41) is 6.04. The maximum absolute atomic E-state index is 12.5. The third-order valence-electron chi connectivity index (χ3n) is 5.35. The lowest BCUT2D eigenvalue weighted by molar-refractivity contribution is -0.127. The van der Waals surface area contributed by atoms with E-state index < -0.39 is 0 Å². The summed E-state index contributed by atoms with van der Waals surface area (Å²) in [5.41, 5.74) is 2.21. The highest BCUT2D eigenvalue weighted by molar-refractivity contribution is 9.10. The molecule has 1 aliphatic carbocycles. The summed E-state index contributed by atoms with van der Waals surface area (Å²) in [6.07, 6.45) is 3.65. The molecular weight excluding hydrogens is 540 g/mol. The van der Waals surface area contributed by atoms with Crippen molar-refractivity contribution in [3.05, 3.63) is 56.5 Å². The molecule has 1 aliphatic rings. The van der Waals surface area contributed by atoms with Crippen LogP contribution in [-0.4, -0.2) is 37.1 Å². The van der Waals surface area contributed by atoms with Crippen LogP contribution in [0.5, 0.6) is 11.5 Å². The van der Waals surface area contributed by atoms with Crippen LogP contribution in [-0.2, 0) is 9.59 Å². The second-order valence-electron chi connectivity index (χ2n) is 8.08. The van der Waals surface area contributed by atoms with Gasteiger partial charge in [0.1, 0.15) is 11.5 Å². The third kappa shape index (κ3) is 7.24. The predicted octanol–water partition coefficient (Wildman–Crippen LogP) is 4.83. The van der Waals surface area contributed by atoms with E-state index in [1.54, 1.807) is 0 Å². The number of carbonyl (C=O) groups is 2. The van der Waals surface area contributed by atoms with Gasteiger partial charge in [-0.15, -0.1) is 0 Å². The van der Waals surface area contributed by atoms with Gasteiger partial charge in [-0.05, 0) is 93.9 Å². The van der Waals surface area contributed by atoms with Crippen molar-refractivity contribution in [1.82, 2.24) is 10.6 Å². The molecule has 0 saturated heterocycles. The van der Waals surface area contributed by atoms with Gasteiger partial charge in [-0.1, -0.05) is 25.0 Å². The summed E-state index contributed by atoms with van der Waals surface area (Å²) in [7, 11) is 0. The number of carbonyl (C=O) groups excluding carboxylic acids is 2. The Labute approximate surface area is 205 Å². The first-order chi connectivity index (χ1) is 15.3. The summed E-state index contributed by atoms with van der Waals surface area (Å²) in [6.45, 7) is 3.82. The molecule has 2 atom stereocenters. The van der Waals surface area contributed by atoms with Gasteiger partial charge < -0.3 is 20.1 Å². The highest BCUT2D eigenvalue weighted by Crippen LogP contribution is 2.26. The van der Waals surface area contributed by atoms with Crippen molar-refractivity contribution in [3.8, 4) is 11.5 Å². The number of benzene rings is 2. The van der Waals surface area contributed by atoms with Crippen LogP contribution in [0.25, 0.3) is 0 Å². The van der Waals surface area contributed by atoms with Crippen LogP contribution < -0.4 is 20.1 Å². The number of hydrogen-bond acceptors (Lipinski definition) is 4. The second kappa shape index (κ2) is 11.7. The number of hydrogen-bond donors (Lipinski definition) is 2. The lowest BCUT2D eigenvalue weighted by atomic mass is 9.90. The molecule has 1 fully saturated rings. The molecule has 0 radical (unpaired) electrons. The van der Waals surface area contributed by atoms with Gasteiger partial charge in [-0.3, -0.25) is 9.59 Å². The van der Waals surface area contributed by atoms with E-state index in [0.717, 1.165) is 45.8 Å². The zero-order chi connectivity index (χ0) is 23.1. The number of nitrogens with one attached hydrogen (secondary N) is 2.